The largest absolute Gasteiger partial charge is 0.375 e. The summed E-state index contributed by atoms with van der Waals surface area (Å²) >= 11 is 0. The first kappa shape index (κ1) is 14.9. The molecule has 0 amide bonds. The number of halogens is 1. The highest BCUT2D eigenvalue weighted by Crippen LogP contribution is 2.49. The fourth-order valence-corrected chi connectivity index (χ4v) is 4.29. The lowest BCUT2D eigenvalue weighted by molar-refractivity contribution is -0.106. The second-order valence-electron chi connectivity index (χ2n) is 6.67. The van der Waals surface area contributed by atoms with Crippen LogP contribution in [0.1, 0.15) is 44.1 Å². The molecule has 2 atom stereocenters. The van der Waals surface area contributed by atoms with Crippen molar-refractivity contribution in [3.05, 3.63) is 35.6 Å². The number of benzene rings is 1. The molecule has 0 radical (unpaired) electrons. The van der Waals surface area contributed by atoms with Crippen LogP contribution in [-0.2, 0) is 10.2 Å². The average Bonchev–Trinajstić information content (AvgIpc) is 2.94. The van der Waals surface area contributed by atoms with Crippen LogP contribution >= 0.6 is 0 Å². The molecule has 1 spiro atoms. The number of hydrogen-bond donors (Lipinski definition) is 2. The van der Waals surface area contributed by atoms with Gasteiger partial charge in [-0.25, -0.2) is 4.39 Å². The van der Waals surface area contributed by atoms with E-state index in [1.165, 1.54) is 25.0 Å². The molecule has 2 fully saturated rings. The predicted octanol–water partition coefficient (Wildman–Crippen LogP) is 2.47. The summed E-state index contributed by atoms with van der Waals surface area (Å²) in [6.07, 6.45) is 6.41. The molecule has 1 saturated carbocycles. The monoisotopic (exact) mass is 292 g/mol. The number of hydrogen-bond acceptors (Lipinski definition) is 3. The van der Waals surface area contributed by atoms with Gasteiger partial charge in [0.25, 0.3) is 0 Å². The van der Waals surface area contributed by atoms with Gasteiger partial charge in [0.2, 0.25) is 0 Å². The zero-order chi connectivity index (χ0) is 14.9. The smallest absolute Gasteiger partial charge is 0.123 e. The standard InChI is InChI=1S/C17H25FN2O/c18-14-5-3-13(4-6-14)17(15(20)11-19)9-10-21-16(12-17)7-1-2-8-16/h3-6,15H,1-2,7-12,19-20H2/t15?,17-/m1/s1. The first-order chi connectivity index (χ1) is 10.1. The van der Waals surface area contributed by atoms with Gasteiger partial charge in [-0.1, -0.05) is 25.0 Å². The highest BCUT2D eigenvalue weighted by molar-refractivity contribution is 5.30. The summed E-state index contributed by atoms with van der Waals surface area (Å²) in [6.45, 7) is 1.15. The molecule has 21 heavy (non-hydrogen) atoms. The van der Waals surface area contributed by atoms with Gasteiger partial charge in [-0.3, -0.25) is 0 Å². The zero-order valence-electron chi connectivity index (χ0n) is 12.5. The molecule has 0 aromatic heterocycles. The zero-order valence-corrected chi connectivity index (χ0v) is 12.5. The van der Waals surface area contributed by atoms with Crippen molar-refractivity contribution in [2.45, 2.75) is 55.6 Å². The van der Waals surface area contributed by atoms with Crippen molar-refractivity contribution in [3.8, 4) is 0 Å². The van der Waals surface area contributed by atoms with E-state index in [1.54, 1.807) is 0 Å². The molecular weight excluding hydrogens is 267 g/mol. The van der Waals surface area contributed by atoms with Gasteiger partial charge >= 0.3 is 0 Å². The predicted molar refractivity (Wildman–Crippen MR) is 81.5 cm³/mol. The second-order valence-corrected chi connectivity index (χ2v) is 6.67. The van der Waals surface area contributed by atoms with Crippen molar-refractivity contribution in [3.63, 3.8) is 0 Å². The Labute approximate surface area is 125 Å². The van der Waals surface area contributed by atoms with E-state index in [9.17, 15) is 4.39 Å². The van der Waals surface area contributed by atoms with Gasteiger partial charge < -0.3 is 16.2 Å². The summed E-state index contributed by atoms with van der Waals surface area (Å²) in [4.78, 5) is 0. The summed E-state index contributed by atoms with van der Waals surface area (Å²) in [5.41, 5.74) is 13.2. The van der Waals surface area contributed by atoms with Crippen LogP contribution < -0.4 is 11.5 Å². The van der Waals surface area contributed by atoms with Crippen LogP contribution in [0.5, 0.6) is 0 Å². The third-order valence-corrected chi connectivity index (χ3v) is 5.49. The Morgan fingerprint density at radius 2 is 1.81 bits per heavy atom. The molecular formula is C17H25FN2O. The van der Waals surface area contributed by atoms with Crippen LogP contribution in [0.3, 0.4) is 0 Å². The van der Waals surface area contributed by atoms with E-state index in [0.717, 1.165) is 31.2 Å². The lowest BCUT2D eigenvalue weighted by Gasteiger charge is -2.49. The molecule has 3 nitrogen and oxygen atoms in total. The fourth-order valence-electron chi connectivity index (χ4n) is 4.29. The first-order valence-corrected chi connectivity index (χ1v) is 7.96. The fraction of sp³-hybridized carbons (Fsp3) is 0.647. The molecule has 2 aliphatic rings. The Hall–Kier alpha value is -0.970. The quantitative estimate of drug-likeness (QED) is 0.899. The molecule has 1 aliphatic carbocycles. The maximum atomic E-state index is 13.3. The third-order valence-electron chi connectivity index (χ3n) is 5.49. The van der Waals surface area contributed by atoms with Gasteiger partial charge in [-0.2, -0.15) is 0 Å². The van der Waals surface area contributed by atoms with E-state index in [2.05, 4.69) is 0 Å². The first-order valence-electron chi connectivity index (χ1n) is 7.96. The maximum absolute atomic E-state index is 13.3. The normalized spacial score (nSPS) is 29.7. The van der Waals surface area contributed by atoms with Gasteiger partial charge in [0.1, 0.15) is 5.82 Å². The molecule has 1 saturated heterocycles. The van der Waals surface area contributed by atoms with Crippen molar-refractivity contribution in [1.82, 2.24) is 0 Å². The SMILES string of the molecule is NCC(N)[C@]1(c2ccc(F)cc2)CCOC2(CCCC2)C1. The van der Waals surface area contributed by atoms with Crippen LogP contribution in [0, 0.1) is 5.82 Å². The van der Waals surface area contributed by atoms with Crippen molar-refractivity contribution in [2.75, 3.05) is 13.2 Å². The molecule has 4 N–H and O–H groups in total. The van der Waals surface area contributed by atoms with Gasteiger partial charge in [0.05, 0.1) is 5.60 Å². The molecule has 0 bridgehead atoms. The summed E-state index contributed by atoms with van der Waals surface area (Å²) < 4.78 is 19.4. The molecule has 4 heteroatoms. The van der Waals surface area contributed by atoms with E-state index >= 15 is 0 Å². The van der Waals surface area contributed by atoms with Crippen LogP contribution in [0.2, 0.25) is 0 Å². The average molecular weight is 292 g/mol. The van der Waals surface area contributed by atoms with Crippen molar-refractivity contribution in [2.24, 2.45) is 11.5 Å². The Bertz CT molecular complexity index is 484. The summed E-state index contributed by atoms with van der Waals surface area (Å²) in [7, 11) is 0. The Morgan fingerprint density at radius 3 is 2.43 bits per heavy atom. The van der Waals surface area contributed by atoms with Gasteiger partial charge in [-0.05, 0) is 43.4 Å². The van der Waals surface area contributed by atoms with E-state index < -0.39 is 0 Å². The van der Waals surface area contributed by atoms with E-state index in [-0.39, 0.29) is 22.9 Å². The molecule has 1 unspecified atom stereocenters. The minimum absolute atomic E-state index is 0.0422. The van der Waals surface area contributed by atoms with Crippen molar-refractivity contribution >= 4 is 0 Å². The van der Waals surface area contributed by atoms with Gasteiger partial charge in [0.15, 0.2) is 0 Å². The Balaban J connectivity index is 1.98. The third kappa shape index (κ3) is 2.60. The van der Waals surface area contributed by atoms with Gasteiger partial charge in [-0.15, -0.1) is 0 Å². The minimum Gasteiger partial charge on any atom is -0.375 e. The van der Waals surface area contributed by atoms with E-state index in [0.29, 0.717) is 13.2 Å². The highest BCUT2D eigenvalue weighted by atomic mass is 19.1. The van der Waals surface area contributed by atoms with Gasteiger partial charge in [0, 0.05) is 24.6 Å². The van der Waals surface area contributed by atoms with Crippen molar-refractivity contribution < 1.29 is 9.13 Å². The summed E-state index contributed by atoms with van der Waals surface area (Å²) in [6, 6.07) is 6.68. The van der Waals surface area contributed by atoms with Crippen LogP contribution in [0.15, 0.2) is 24.3 Å². The minimum atomic E-state index is -0.210. The molecule has 116 valence electrons. The number of rotatable bonds is 3. The lowest BCUT2D eigenvalue weighted by Crippen LogP contribution is -2.57. The number of nitrogens with two attached hydrogens (primary N) is 2. The lowest BCUT2D eigenvalue weighted by atomic mass is 9.64. The van der Waals surface area contributed by atoms with Crippen LogP contribution in [-0.4, -0.2) is 24.8 Å². The summed E-state index contributed by atoms with van der Waals surface area (Å²) in [5, 5.41) is 0. The highest BCUT2D eigenvalue weighted by Gasteiger charge is 2.50. The molecule has 1 aromatic rings. The Kier molecular flexibility index (Phi) is 4.04. The van der Waals surface area contributed by atoms with Crippen molar-refractivity contribution in [1.29, 1.82) is 0 Å². The van der Waals surface area contributed by atoms with Crippen LogP contribution in [0.25, 0.3) is 0 Å². The van der Waals surface area contributed by atoms with E-state index in [4.69, 9.17) is 16.2 Å². The van der Waals surface area contributed by atoms with E-state index in [1.807, 2.05) is 12.1 Å². The molecule has 1 aromatic carbocycles. The molecule has 3 rings (SSSR count). The summed E-state index contributed by atoms with van der Waals surface area (Å²) in [5.74, 6) is -0.210. The van der Waals surface area contributed by atoms with Crippen LogP contribution in [0.4, 0.5) is 4.39 Å². The Morgan fingerprint density at radius 1 is 1.14 bits per heavy atom. The topological polar surface area (TPSA) is 61.3 Å². The number of ether oxygens (including phenoxy) is 1. The molecule has 1 aliphatic heterocycles. The second kappa shape index (κ2) is 5.67. The molecule has 1 heterocycles. The maximum Gasteiger partial charge on any atom is 0.123 e.